The lowest BCUT2D eigenvalue weighted by molar-refractivity contribution is -0.125. The Morgan fingerprint density at radius 1 is 1.31 bits per heavy atom. The summed E-state index contributed by atoms with van der Waals surface area (Å²) in [5.74, 6) is 0.933. The maximum Gasteiger partial charge on any atom is 0.224 e. The van der Waals surface area contributed by atoms with Crippen molar-refractivity contribution in [1.29, 1.82) is 0 Å². The Balaban J connectivity index is 1.32. The number of imidazole rings is 1. The van der Waals surface area contributed by atoms with Gasteiger partial charge in [0.25, 0.3) is 0 Å². The van der Waals surface area contributed by atoms with Gasteiger partial charge in [0.15, 0.2) is 0 Å². The van der Waals surface area contributed by atoms with Crippen molar-refractivity contribution < 1.29 is 4.79 Å². The summed E-state index contributed by atoms with van der Waals surface area (Å²) in [5.41, 5.74) is 3.06. The highest BCUT2D eigenvalue weighted by atomic mass is 35.5. The number of benzene rings is 2. The molecule has 0 bridgehead atoms. The van der Waals surface area contributed by atoms with Gasteiger partial charge in [0.1, 0.15) is 0 Å². The van der Waals surface area contributed by atoms with Crippen molar-refractivity contribution in [2.24, 2.45) is 5.92 Å². The quantitative estimate of drug-likeness (QED) is 0.567. The fraction of sp³-hybridized carbons (Fsp3) is 0.364. The highest BCUT2D eigenvalue weighted by molar-refractivity contribution is 7.98. The van der Waals surface area contributed by atoms with Crippen molar-refractivity contribution in [2.45, 2.75) is 24.2 Å². The molecule has 0 aliphatic carbocycles. The Morgan fingerprint density at radius 2 is 2.14 bits per heavy atom. The van der Waals surface area contributed by atoms with Crippen molar-refractivity contribution in [3.05, 3.63) is 53.1 Å². The van der Waals surface area contributed by atoms with E-state index in [9.17, 15) is 4.79 Å². The van der Waals surface area contributed by atoms with E-state index >= 15 is 0 Å². The minimum Gasteiger partial charge on any atom is -0.355 e. The summed E-state index contributed by atoms with van der Waals surface area (Å²) in [5, 5.41) is 3.80. The molecule has 5 nitrogen and oxygen atoms in total. The Hall–Kier alpha value is -2.18. The summed E-state index contributed by atoms with van der Waals surface area (Å²) in [7, 11) is 0. The Kier molecular flexibility index (Phi) is 6.31. The second kappa shape index (κ2) is 9.09. The molecule has 29 heavy (non-hydrogen) atoms. The molecule has 2 N–H and O–H groups in total. The van der Waals surface area contributed by atoms with Crippen LogP contribution in [0.4, 0.5) is 5.95 Å². The maximum atomic E-state index is 12.7. The number of aromatic nitrogens is 2. The normalized spacial score (nSPS) is 16.9. The summed E-state index contributed by atoms with van der Waals surface area (Å²) in [6, 6.07) is 14.2. The van der Waals surface area contributed by atoms with Gasteiger partial charge in [-0.2, -0.15) is 0 Å². The van der Waals surface area contributed by atoms with E-state index in [4.69, 9.17) is 11.6 Å². The topological polar surface area (TPSA) is 61.0 Å². The summed E-state index contributed by atoms with van der Waals surface area (Å²) in [4.78, 5) is 24.1. The van der Waals surface area contributed by atoms with Crippen LogP contribution in [0.15, 0.2) is 47.4 Å². The van der Waals surface area contributed by atoms with Crippen LogP contribution in [0.3, 0.4) is 0 Å². The van der Waals surface area contributed by atoms with Crippen LogP contribution in [-0.4, -0.2) is 41.8 Å². The average molecular weight is 429 g/mol. The number of piperidine rings is 1. The highest BCUT2D eigenvalue weighted by Crippen LogP contribution is 2.25. The van der Waals surface area contributed by atoms with Gasteiger partial charge in [-0.05, 0) is 61.4 Å². The lowest BCUT2D eigenvalue weighted by Gasteiger charge is -2.31. The molecule has 7 heteroatoms. The highest BCUT2D eigenvalue weighted by Gasteiger charge is 2.27. The van der Waals surface area contributed by atoms with Crippen molar-refractivity contribution in [1.82, 2.24) is 15.3 Å². The average Bonchev–Trinajstić information content (AvgIpc) is 3.17. The number of anilines is 1. The first-order valence-electron chi connectivity index (χ1n) is 9.93. The molecule has 0 saturated carbocycles. The van der Waals surface area contributed by atoms with E-state index in [0.29, 0.717) is 18.1 Å². The monoisotopic (exact) mass is 428 g/mol. The van der Waals surface area contributed by atoms with Gasteiger partial charge in [-0.25, -0.2) is 4.98 Å². The molecule has 152 valence electrons. The van der Waals surface area contributed by atoms with Crippen LogP contribution in [-0.2, 0) is 11.2 Å². The number of halogens is 1. The zero-order valence-electron chi connectivity index (χ0n) is 16.5. The van der Waals surface area contributed by atoms with Crippen molar-refractivity contribution in [3.63, 3.8) is 0 Å². The van der Waals surface area contributed by atoms with Crippen LogP contribution >= 0.6 is 23.4 Å². The van der Waals surface area contributed by atoms with Crippen LogP contribution in [0.1, 0.15) is 18.4 Å². The molecule has 0 spiro atoms. The smallest absolute Gasteiger partial charge is 0.224 e. The number of aromatic amines is 1. The first-order chi connectivity index (χ1) is 14.1. The minimum atomic E-state index is -0.0144. The third kappa shape index (κ3) is 4.87. The summed E-state index contributed by atoms with van der Waals surface area (Å²) < 4.78 is 0. The van der Waals surface area contributed by atoms with Gasteiger partial charge in [0.2, 0.25) is 11.9 Å². The van der Waals surface area contributed by atoms with E-state index in [1.807, 2.05) is 18.2 Å². The van der Waals surface area contributed by atoms with E-state index in [-0.39, 0.29) is 11.8 Å². The zero-order valence-corrected chi connectivity index (χ0v) is 18.0. The van der Waals surface area contributed by atoms with Gasteiger partial charge in [0, 0.05) is 29.6 Å². The van der Waals surface area contributed by atoms with Gasteiger partial charge < -0.3 is 15.2 Å². The SMILES string of the molecule is CSc1ccc(CCNC(=O)C2CCCN(c3nc4ccc(Cl)cc4[nH]3)C2)cc1. The fourth-order valence-corrected chi connectivity index (χ4v) is 4.35. The summed E-state index contributed by atoms with van der Waals surface area (Å²) >= 11 is 7.81. The number of hydrogen-bond acceptors (Lipinski definition) is 4. The minimum absolute atomic E-state index is 0.0144. The summed E-state index contributed by atoms with van der Waals surface area (Å²) in [6.45, 7) is 2.25. The van der Waals surface area contributed by atoms with Crippen molar-refractivity contribution in [2.75, 3.05) is 30.8 Å². The van der Waals surface area contributed by atoms with E-state index in [1.165, 1.54) is 10.5 Å². The molecule has 2 aromatic carbocycles. The molecule has 1 amide bonds. The molecule has 1 aliphatic heterocycles. The van der Waals surface area contributed by atoms with E-state index in [0.717, 1.165) is 42.8 Å². The molecule has 0 radical (unpaired) electrons. The number of amides is 1. The molecule has 1 atom stereocenters. The first kappa shape index (κ1) is 20.1. The molecule has 3 aromatic rings. The number of rotatable bonds is 6. The zero-order chi connectivity index (χ0) is 20.2. The lowest BCUT2D eigenvalue weighted by Crippen LogP contribution is -2.43. The lowest BCUT2D eigenvalue weighted by atomic mass is 9.97. The molecule has 1 aliphatic rings. The number of nitrogens with zero attached hydrogens (tertiary/aromatic N) is 2. The van der Waals surface area contributed by atoms with Crippen LogP contribution in [0.5, 0.6) is 0 Å². The molecule has 1 aromatic heterocycles. The van der Waals surface area contributed by atoms with Crippen molar-refractivity contribution >= 4 is 46.3 Å². The van der Waals surface area contributed by atoms with E-state index in [1.54, 1.807) is 11.8 Å². The molecule has 2 heterocycles. The second-order valence-electron chi connectivity index (χ2n) is 7.40. The predicted molar refractivity (Wildman–Crippen MR) is 121 cm³/mol. The number of fused-ring (bicyclic) bond motifs is 1. The van der Waals surface area contributed by atoms with Gasteiger partial charge in [0.05, 0.1) is 17.0 Å². The van der Waals surface area contributed by atoms with Crippen LogP contribution in [0, 0.1) is 5.92 Å². The molecule has 1 fully saturated rings. The third-order valence-corrected chi connectivity index (χ3v) is 6.37. The molecule has 1 unspecified atom stereocenters. The largest absolute Gasteiger partial charge is 0.355 e. The van der Waals surface area contributed by atoms with Gasteiger partial charge in [-0.15, -0.1) is 11.8 Å². The number of carbonyl (C=O) groups excluding carboxylic acids is 1. The molecular formula is C22H25ClN4OS. The molecule has 1 saturated heterocycles. The Labute approximate surface area is 180 Å². The molecule has 4 rings (SSSR count). The van der Waals surface area contributed by atoms with Crippen LogP contribution in [0.25, 0.3) is 11.0 Å². The standard InChI is InChI=1S/C22H25ClN4OS/c1-29-18-7-4-15(5-8-18)10-11-24-21(28)16-3-2-12-27(14-16)22-25-19-9-6-17(23)13-20(19)26-22/h4-9,13,16H,2-3,10-12,14H2,1H3,(H,24,28)(H,25,26). The fourth-order valence-electron chi connectivity index (χ4n) is 3.77. The predicted octanol–water partition coefficient (Wildman–Crippen LogP) is 4.51. The van der Waals surface area contributed by atoms with E-state index < -0.39 is 0 Å². The summed E-state index contributed by atoms with van der Waals surface area (Å²) in [6.07, 6.45) is 4.81. The Morgan fingerprint density at radius 3 is 2.93 bits per heavy atom. The van der Waals surface area contributed by atoms with Crippen molar-refractivity contribution in [3.8, 4) is 0 Å². The maximum absolute atomic E-state index is 12.7. The number of nitrogens with one attached hydrogen (secondary N) is 2. The third-order valence-electron chi connectivity index (χ3n) is 5.40. The number of carbonyl (C=O) groups is 1. The number of H-pyrrole nitrogens is 1. The van der Waals surface area contributed by atoms with E-state index in [2.05, 4.69) is 50.7 Å². The number of thioether (sulfide) groups is 1. The van der Waals surface area contributed by atoms with Gasteiger partial charge in [-0.3, -0.25) is 4.79 Å². The number of hydrogen-bond donors (Lipinski definition) is 2. The van der Waals surface area contributed by atoms with Gasteiger partial charge in [-0.1, -0.05) is 23.7 Å². The van der Waals surface area contributed by atoms with Gasteiger partial charge >= 0.3 is 0 Å². The molecular weight excluding hydrogens is 404 g/mol. The first-order valence-corrected chi connectivity index (χ1v) is 11.5. The Bertz CT molecular complexity index is 988. The second-order valence-corrected chi connectivity index (χ2v) is 8.71. The van der Waals surface area contributed by atoms with Crippen LogP contribution < -0.4 is 10.2 Å². The van der Waals surface area contributed by atoms with Crippen LogP contribution in [0.2, 0.25) is 5.02 Å².